The highest BCUT2D eigenvalue weighted by Crippen LogP contribution is 2.35. The van der Waals surface area contributed by atoms with Gasteiger partial charge in [-0.25, -0.2) is 14.4 Å². The summed E-state index contributed by atoms with van der Waals surface area (Å²) < 4.78 is 24.9. The zero-order chi connectivity index (χ0) is 25.7. The van der Waals surface area contributed by atoms with Gasteiger partial charge in [-0.3, -0.25) is 18.9 Å². The van der Waals surface area contributed by atoms with Crippen molar-refractivity contribution in [1.82, 2.24) is 20.5 Å². The number of phenolic OH excluding ortho intramolecular Hbond substituents is 1. The Morgan fingerprint density at radius 1 is 1.19 bits per heavy atom. The number of nitrogens with one attached hydrogen (secondary N) is 1. The Morgan fingerprint density at radius 3 is 2.67 bits per heavy atom. The Kier molecular flexibility index (Phi) is 8.33. The summed E-state index contributed by atoms with van der Waals surface area (Å²) in [6.07, 6.45) is 1.78. The zero-order valence-corrected chi connectivity index (χ0v) is 21.1. The Labute approximate surface area is 218 Å². The second kappa shape index (κ2) is 11.6. The third-order valence-electron chi connectivity index (χ3n) is 5.35. The first-order chi connectivity index (χ1) is 17.3. The highest BCUT2D eigenvalue weighted by molar-refractivity contribution is 7.81. The van der Waals surface area contributed by atoms with Crippen LogP contribution in [0.4, 0.5) is 5.00 Å². The molecule has 0 fully saturated rings. The molecule has 13 heteroatoms. The molecule has 0 aliphatic carbocycles. The van der Waals surface area contributed by atoms with E-state index in [1.54, 1.807) is 29.9 Å². The predicted octanol–water partition coefficient (Wildman–Crippen LogP) is 4.19. The molecule has 10 nitrogen and oxygen atoms in total. The van der Waals surface area contributed by atoms with Gasteiger partial charge in [0.15, 0.2) is 0 Å². The van der Waals surface area contributed by atoms with E-state index in [9.17, 15) is 18.7 Å². The van der Waals surface area contributed by atoms with E-state index in [1.807, 2.05) is 36.4 Å². The lowest BCUT2D eigenvalue weighted by Gasteiger charge is -2.17. The van der Waals surface area contributed by atoms with Crippen molar-refractivity contribution in [2.24, 2.45) is 0 Å². The lowest BCUT2D eigenvalue weighted by Crippen LogP contribution is -2.25. The van der Waals surface area contributed by atoms with Crippen LogP contribution in [0.1, 0.15) is 23.7 Å². The number of hydrogen-bond acceptors (Lipinski definition) is 7. The molecule has 0 radical (unpaired) electrons. The lowest BCUT2D eigenvalue weighted by molar-refractivity contribution is -0.130. The largest absolute Gasteiger partial charge is 0.506 e. The third-order valence-corrected chi connectivity index (χ3v) is 7.63. The molecule has 4 N–H and O–H groups in total. The summed E-state index contributed by atoms with van der Waals surface area (Å²) in [6.45, 7) is 0.00179. The summed E-state index contributed by atoms with van der Waals surface area (Å²) in [5.41, 5.74) is 3.76. The molecule has 0 saturated carbocycles. The van der Waals surface area contributed by atoms with Crippen LogP contribution in [0.15, 0.2) is 66.9 Å². The Hall–Kier alpha value is -3.29. The number of benzene rings is 2. The number of hydroxylamine groups is 1. The molecular weight excluding hydrogens is 526 g/mol. The van der Waals surface area contributed by atoms with Gasteiger partial charge in [0, 0.05) is 4.88 Å². The monoisotopic (exact) mass is 547 g/mol. The SMILES string of the molecule is O=C(C[C@H](Cc1ccc(O)c(Cl)c1)n1cc(CN(c2ccc(-c3ccccc3)s2)S(=O)O)nn1)NO. The second-order valence-electron chi connectivity index (χ2n) is 7.84. The standard InChI is InChI=1S/C23H22ClN5O5S2/c24-19-11-15(6-7-20(19)30)10-18(12-22(31)26-32)28-13-17(25-27-28)14-29(36(33)34)23-9-8-21(35-23)16-4-2-1-3-5-16/h1-9,11,13,18,30,32H,10,12,14H2,(H,26,31)(H,33,34)/t18-/m0/s1. The molecule has 2 heterocycles. The first kappa shape index (κ1) is 25.8. The summed E-state index contributed by atoms with van der Waals surface area (Å²) in [4.78, 5) is 12.9. The first-order valence-corrected chi connectivity index (χ1v) is 12.9. The van der Waals surface area contributed by atoms with Crippen LogP contribution in [0.5, 0.6) is 5.75 Å². The van der Waals surface area contributed by atoms with Crippen molar-refractivity contribution in [3.05, 3.63) is 83.1 Å². The molecule has 1 amide bonds. The quantitative estimate of drug-likeness (QED) is 0.132. The minimum absolute atomic E-state index is 0.00179. The van der Waals surface area contributed by atoms with E-state index >= 15 is 0 Å². The summed E-state index contributed by atoms with van der Waals surface area (Å²) in [7, 11) is 0. The second-order valence-corrected chi connectivity index (χ2v) is 10.2. The van der Waals surface area contributed by atoms with Gasteiger partial charge >= 0.3 is 0 Å². The summed E-state index contributed by atoms with van der Waals surface area (Å²) in [5, 5.41) is 27.7. The Balaban J connectivity index is 1.54. The molecular formula is C23H22ClN5O5S2. The number of thiophene rings is 1. The molecule has 188 valence electrons. The smallest absolute Gasteiger partial charge is 0.262 e. The lowest BCUT2D eigenvalue weighted by atomic mass is 10.0. The van der Waals surface area contributed by atoms with Gasteiger partial charge in [-0.15, -0.1) is 16.4 Å². The van der Waals surface area contributed by atoms with Gasteiger partial charge in [-0.1, -0.05) is 53.2 Å². The first-order valence-electron chi connectivity index (χ1n) is 10.7. The van der Waals surface area contributed by atoms with Crippen molar-refractivity contribution in [3.8, 4) is 16.2 Å². The molecule has 0 spiro atoms. The molecule has 4 rings (SSSR count). The van der Waals surface area contributed by atoms with Crippen LogP contribution >= 0.6 is 22.9 Å². The van der Waals surface area contributed by atoms with E-state index < -0.39 is 23.2 Å². The van der Waals surface area contributed by atoms with Crippen LogP contribution in [-0.4, -0.2) is 40.0 Å². The maximum atomic E-state index is 12.2. The van der Waals surface area contributed by atoms with E-state index in [2.05, 4.69) is 10.3 Å². The van der Waals surface area contributed by atoms with Gasteiger partial charge in [0.05, 0.1) is 30.2 Å². The van der Waals surface area contributed by atoms with Crippen LogP contribution in [0.25, 0.3) is 10.4 Å². The van der Waals surface area contributed by atoms with Gasteiger partial charge in [0.25, 0.3) is 11.3 Å². The average Bonchev–Trinajstić information content (AvgIpc) is 3.55. The van der Waals surface area contributed by atoms with Crippen LogP contribution in [0.3, 0.4) is 0 Å². The Bertz CT molecular complexity index is 1360. The molecule has 2 aromatic carbocycles. The topological polar surface area (TPSA) is 141 Å². The van der Waals surface area contributed by atoms with Crippen LogP contribution in [0, 0.1) is 0 Å². The normalized spacial score (nSPS) is 12.8. The summed E-state index contributed by atoms with van der Waals surface area (Å²) >= 11 is 5.06. The molecule has 0 aliphatic heterocycles. The molecule has 0 bridgehead atoms. The maximum Gasteiger partial charge on any atom is 0.262 e. The summed E-state index contributed by atoms with van der Waals surface area (Å²) in [5.74, 6) is -0.679. The minimum Gasteiger partial charge on any atom is -0.506 e. The van der Waals surface area contributed by atoms with Crippen molar-refractivity contribution >= 4 is 45.1 Å². The van der Waals surface area contributed by atoms with Gasteiger partial charge in [0.2, 0.25) is 5.91 Å². The van der Waals surface area contributed by atoms with Gasteiger partial charge in [-0.05, 0) is 41.8 Å². The fourth-order valence-electron chi connectivity index (χ4n) is 3.61. The average molecular weight is 548 g/mol. The number of halogens is 1. The number of aromatic nitrogens is 3. The van der Waals surface area contributed by atoms with Gasteiger partial charge < -0.3 is 5.11 Å². The van der Waals surface area contributed by atoms with Crippen LogP contribution < -0.4 is 9.79 Å². The van der Waals surface area contributed by atoms with Gasteiger partial charge in [0.1, 0.15) is 16.4 Å². The van der Waals surface area contributed by atoms with Crippen LogP contribution in [-0.2, 0) is 29.0 Å². The Morgan fingerprint density at radius 2 is 1.97 bits per heavy atom. The molecule has 1 unspecified atom stereocenters. The molecule has 2 aromatic heterocycles. The number of anilines is 1. The fourth-order valence-corrected chi connectivity index (χ4v) is 5.49. The van der Waals surface area contributed by atoms with E-state index in [0.29, 0.717) is 17.1 Å². The highest BCUT2D eigenvalue weighted by atomic mass is 35.5. The maximum absolute atomic E-state index is 12.2. The number of aromatic hydroxyl groups is 1. The van der Waals surface area contributed by atoms with Crippen molar-refractivity contribution in [2.75, 3.05) is 4.31 Å². The molecule has 0 aliphatic rings. The number of carbonyl (C=O) groups is 1. The minimum atomic E-state index is -2.32. The number of rotatable bonds is 10. The number of amides is 1. The fraction of sp³-hybridized carbons (Fsp3) is 0.174. The number of nitrogens with zero attached hydrogens (tertiary/aromatic N) is 4. The number of phenols is 1. The predicted molar refractivity (Wildman–Crippen MR) is 137 cm³/mol. The molecule has 36 heavy (non-hydrogen) atoms. The van der Waals surface area contributed by atoms with Crippen molar-refractivity contribution in [2.45, 2.75) is 25.4 Å². The molecule has 4 aromatic rings. The zero-order valence-electron chi connectivity index (χ0n) is 18.7. The summed E-state index contributed by atoms with van der Waals surface area (Å²) in [6, 6.07) is 17.5. The van der Waals surface area contributed by atoms with E-state index in [-0.39, 0.29) is 23.7 Å². The van der Waals surface area contributed by atoms with Gasteiger partial charge in [-0.2, -0.15) is 0 Å². The number of hydrogen-bond donors (Lipinski definition) is 4. The van der Waals surface area contributed by atoms with Crippen molar-refractivity contribution in [3.63, 3.8) is 0 Å². The molecule has 0 saturated heterocycles. The van der Waals surface area contributed by atoms with Crippen molar-refractivity contribution in [1.29, 1.82) is 0 Å². The van der Waals surface area contributed by atoms with E-state index in [4.69, 9.17) is 16.8 Å². The van der Waals surface area contributed by atoms with E-state index in [1.165, 1.54) is 26.4 Å². The van der Waals surface area contributed by atoms with E-state index in [0.717, 1.165) is 16.0 Å². The highest BCUT2D eigenvalue weighted by Gasteiger charge is 2.22. The molecule has 2 atom stereocenters. The third kappa shape index (κ3) is 6.28. The number of carbonyl (C=O) groups excluding carboxylic acids is 1. The van der Waals surface area contributed by atoms with Crippen molar-refractivity contribution < 1.29 is 23.9 Å². The van der Waals surface area contributed by atoms with Crippen LogP contribution in [0.2, 0.25) is 5.02 Å².